The Bertz CT molecular complexity index is 498. The van der Waals surface area contributed by atoms with Gasteiger partial charge in [0.25, 0.3) is 0 Å². The monoisotopic (exact) mass is 288 g/mol. The van der Waals surface area contributed by atoms with Gasteiger partial charge in [0.05, 0.1) is 6.10 Å². The number of ether oxygens (including phenoxy) is 1. The van der Waals surface area contributed by atoms with Gasteiger partial charge in [-0.15, -0.1) is 0 Å². The fourth-order valence-electron chi connectivity index (χ4n) is 3.60. The van der Waals surface area contributed by atoms with Crippen molar-refractivity contribution < 1.29 is 4.74 Å². The SMILES string of the molecule is CCOC1CC(NCc2ccc3c(c2)CCCN3)C1(C)C. The van der Waals surface area contributed by atoms with Gasteiger partial charge in [-0.05, 0) is 43.4 Å². The summed E-state index contributed by atoms with van der Waals surface area (Å²) in [5.41, 5.74) is 4.44. The fourth-order valence-corrected chi connectivity index (χ4v) is 3.60. The summed E-state index contributed by atoms with van der Waals surface area (Å²) in [5.74, 6) is 0. The van der Waals surface area contributed by atoms with Crippen molar-refractivity contribution >= 4 is 5.69 Å². The molecule has 116 valence electrons. The Balaban J connectivity index is 1.56. The molecule has 1 aliphatic carbocycles. The van der Waals surface area contributed by atoms with E-state index in [1.165, 1.54) is 29.7 Å². The summed E-state index contributed by atoms with van der Waals surface area (Å²) in [6.45, 7) is 9.59. The van der Waals surface area contributed by atoms with Crippen LogP contribution in [0.25, 0.3) is 0 Å². The molecule has 3 nitrogen and oxygen atoms in total. The predicted molar refractivity (Wildman–Crippen MR) is 87.7 cm³/mol. The second-order valence-corrected chi connectivity index (χ2v) is 6.96. The molecule has 21 heavy (non-hydrogen) atoms. The molecule has 1 fully saturated rings. The van der Waals surface area contributed by atoms with E-state index in [1.54, 1.807) is 0 Å². The van der Waals surface area contributed by atoms with E-state index in [1.807, 2.05) is 0 Å². The number of nitrogens with one attached hydrogen (secondary N) is 2. The molecule has 3 heteroatoms. The number of rotatable bonds is 5. The molecule has 0 radical (unpaired) electrons. The normalized spacial score (nSPS) is 26.6. The van der Waals surface area contributed by atoms with Crippen molar-refractivity contribution in [2.45, 2.75) is 58.7 Å². The van der Waals surface area contributed by atoms with E-state index in [0.717, 1.165) is 26.1 Å². The summed E-state index contributed by atoms with van der Waals surface area (Å²) in [6.07, 6.45) is 3.99. The van der Waals surface area contributed by atoms with Crippen LogP contribution in [-0.2, 0) is 17.7 Å². The van der Waals surface area contributed by atoms with E-state index in [0.29, 0.717) is 12.1 Å². The highest BCUT2D eigenvalue weighted by atomic mass is 16.5. The molecular weight excluding hydrogens is 260 g/mol. The van der Waals surface area contributed by atoms with Crippen molar-refractivity contribution in [3.63, 3.8) is 0 Å². The Kier molecular flexibility index (Phi) is 4.23. The Morgan fingerprint density at radius 3 is 3.00 bits per heavy atom. The van der Waals surface area contributed by atoms with E-state index in [9.17, 15) is 0 Å². The maximum Gasteiger partial charge on any atom is 0.0655 e. The number of hydrogen-bond acceptors (Lipinski definition) is 3. The van der Waals surface area contributed by atoms with Gasteiger partial charge in [-0.1, -0.05) is 26.0 Å². The minimum atomic E-state index is 0.242. The average molecular weight is 288 g/mol. The highest BCUT2D eigenvalue weighted by Gasteiger charge is 2.48. The Hall–Kier alpha value is -1.06. The van der Waals surface area contributed by atoms with Crippen LogP contribution < -0.4 is 10.6 Å². The van der Waals surface area contributed by atoms with Crippen LogP contribution >= 0.6 is 0 Å². The Morgan fingerprint density at radius 1 is 1.38 bits per heavy atom. The molecule has 1 heterocycles. The van der Waals surface area contributed by atoms with Crippen LogP contribution in [0.5, 0.6) is 0 Å². The summed E-state index contributed by atoms with van der Waals surface area (Å²) in [6, 6.07) is 7.40. The van der Waals surface area contributed by atoms with E-state index in [2.05, 4.69) is 49.6 Å². The lowest BCUT2D eigenvalue weighted by molar-refractivity contribution is -0.114. The molecule has 0 bridgehead atoms. The quantitative estimate of drug-likeness (QED) is 0.872. The van der Waals surface area contributed by atoms with Crippen LogP contribution in [0.3, 0.4) is 0 Å². The lowest BCUT2D eigenvalue weighted by Crippen LogP contribution is -2.60. The molecule has 3 rings (SSSR count). The first-order valence-electron chi connectivity index (χ1n) is 8.32. The van der Waals surface area contributed by atoms with Crippen molar-refractivity contribution in [1.82, 2.24) is 5.32 Å². The molecule has 0 spiro atoms. The number of hydrogen-bond donors (Lipinski definition) is 2. The fraction of sp³-hybridized carbons (Fsp3) is 0.667. The smallest absolute Gasteiger partial charge is 0.0655 e. The van der Waals surface area contributed by atoms with Crippen molar-refractivity contribution in [3.05, 3.63) is 29.3 Å². The standard InChI is InChI=1S/C18H28N2O/c1-4-21-17-11-16(18(17,2)3)20-12-13-7-8-15-14(10-13)6-5-9-19-15/h7-8,10,16-17,19-20H,4-6,9,11-12H2,1-3H3. The van der Waals surface area contributed by atoms with Crippen LogP contribution in [-0.4, -0.2) is 25.3 Å². The lowest BCUT2D eigenvalue weighted by Gasteiger charge is -2.52. The molecule has 1 saturated carbocycles. The third-order valence-electron chi connectivity index (χ3n) is 5.21. The third kappa shape index (κ3) is 2.95. The summed E-state index contributed by atoms with van der Waals surface area (Å²) >= 11 is 0. The average Bonchev–Trinajstić information content (AvgIpc) is 2.50. The summed E-state index contributed by atoms with van der Waals surface area (Å²) in [4.78, 5) is 0. The van der Waals surface area contributed by atoms with Gasteiger partial charge in [0.1, 0.15) is 0 Å². The van der Waals surface area contributed by atoms with Crippen molar-refractivity contribution in [3.8, 4) is 0 Å². The van der Waals surface area contributed by atoms with Crippen LogP contribution in [0, 0.1) is 5.41 Å². The van der Waals surface area contributed by atoms with Gasteiger partial charge >= 0.3 is 0 Å². The largest absolute Gasteiger partial charge is 0.385 e. The van der Waals surface area contributed by atoms with Gasteiger partial charge in [0, 0.05) is 36.8 Å². The summed E-state index contributed by atoms with van der Waals surface area (Å²) < 4.78 is 5.80. The highest BCUT2D eigenvalue weighted by molar-refractivity contribution is 5.54. The van der Waals surface area contributed by atoms with Crippen molar-refractivity contribution in [2.24, 2.45) is 5.41 Å². The zero-order chi connectivity index (χ0) is 14.9. The molecule has 0 aromatic heterocycles. The first-order chi connectivity index (χ1) is 10.1. The molecule has 1 aliphatic heterocycles. The Morgan fingerprint density at radius 2 is 2.24 bits per heavy atom. The maximum absolute atomic E-state index is 5.80. The highest BCUT2D eigenvalue weighted by Crippen LogP contribution is 2.42. The van der Waals surface area contributed by atoms with Gasteiger partial charge in [-0.3, -0.25) is 0 Å². The van der Waals surface area contributed by atoms with Gasteiger partial charge in [-0.25, -0.2) is 0 Å². The maximum atomic E-state index is 5.80. The predicted octanol–water partition coefficient (Wildman–Crippen LogP) is 3.34. The molecule has 0 saturated heterocycles. The van der Waals surface area contributed by atoms with E-state index in [4.69, 9.17) is 4.74 Å². The van der Waals surface area contributed by atoms with Crippen LogP contribution in [0.4, 0.5) is 5.69 Å². The molecular formula is C18H28N2O. The molecule has 1 aromatic carbocycles. The summed E-state index contributed by atoms with van der Waals surface area (Å²) in [7, 11) is 0. The van der Waals surface area contributed by atoms with Gasteiger partial charge in [0.15, 0.2) is 0 Å². The van der Waals surface area contributed by atoms with Gasteiger partial charge < -0.3 is 15.4 Å². The summed E-state index contributed by atoms with van der Waals surface area (Å²) in [5, 5.41) is 7.19. The van der Waals surface area contributed by atoms with E-state index < -0.39 is 0 Å². The zero-order valence-electron chi connectivity index (χ0n) is 13.5. The number of fused-ring (bicyclic) bond motifs is 1. The molecule has 2 aliphatic rings. The molecule has 2 unspecified atom stereocenters. The van der Waals surface area contributed by atoms with E-state index >= 15 is 0 Å². The second-order valence-electron chi connectivity index (χ2n) is 6.96. The van der Waals surface area contributed by atoms with Gasteiger partial charge in [0.2, 0.25) is 0 Å². The number of benzene rings is 1. The first kappa shape index (κ1) is 14.9. The molecule has 1 aromatic rings. The lowest BCUT2D eigenvalue weighted by atomic mass is 9.64. The van der Waals surface area contributed by atoms with Crippen LogP contribution in [0.1, 0.15) is 44.7 Å². The number of aryl methyl sites for hydroxylation is 1. The first-order valence-corrected chi connectivity index (χ1v) is 8.32. The minimum absolute atomic E-state index is 0.242. The molecule has 2 N–H and O–H groups in total. The van der Waals surface area contributed by atoms with Crippen molar-refractivity contribution in [1.29, 1.82) is 0 Å². The number of anilines is 1. The Labute approximate surface area is 128 Å². The van der Waals surface area contributed by atoms with E-state index in [-0.39, 0.29) is 5.41 Å². The molecule has 0 amide bonds. The molecule has 2 atom stereocenters. The topological polar surface area (TPSA) is 33.3 Å². The zero-order valence-corrected chi connectivity index (χ0v) is 13.5. The second kappa shape index (κ2) is 5.98. The third-order valence-corrected chi connectivity index (χ3v) is 5.21. The van der Waals surface area contributed by atoms with Crippen molar-refractivity contribution in [2.75, 3.05) is 18.5 Å². The van der Waals surface area contributed by atoms with Crippen LogP contribution in [0.15, 0.2) is 18.2 Å². The minimum Gasteiger partial charge on any atom is -0.385 e. The van der Waals surface area contributed by atoms with Gasteiger partial charge in [-0.2, -0.15) is 0 Å². The van der Waals surface area contributed by atoms with Crippen LogP contribution in [0.2, 0.25) is 0 Å².